The van der Waals surface area contributed by atoms with E-state index in [1.807, 2.05) is 24.3 Å². The molecule has 2 aromatic heterocycles. The average molecular weight is 414 g/mol. The van der Waals surface area contributed by atoms with Crippen LogP contribution in [-0.2, 0) is 4.79 Å². The van der Waals surface area contributed by atoms with Gasteiger partial charge in [0.25, 0.3) is 5.91 Å². The zero-order chi connectivity index (χ0) is 19.7. The van der Waals surface area contributed by atoms with Crippen LogP contribution in [0.2, 0.25) is 5.02 Å². The number of fused-ring (bicyclic) bond motifs is 1. The van der Waals surface area contributed by atoms with Gasteiger partial charge in [0.15, 0.2) is 5.60 Å². The minimum absolute atomic E-state index is 0.266. The Morgan fingerprint density at radius 3 is 2.75 bits per heavy atom. The van der Waals surface area contributed by atoms with Crippen molar-refractivity contribution < 1.29 is 9.53 Å². The molecule has 0 unspecified atom stereocenters. The summed E-state index contributed by atoms with van der Waals surface area (Å²) in [4.78, 5) is 13.5. The van der Waals surface area contributed by atoms with Gasteiger partial charge in [-0.2, -0.15) is 9.61 Å². The average Bonchev–Trinajstić information content (AvgIpc) is 3.26. The van der Waals surface area contributed by atoms with E-state index in [1.54, 1.807) is 49.0 Å². The first-order valence-corrected chi connectivity index (χ1v) is 9.63. The summed E-state index contributed by atoms with van der Waals surface area (Å²) < 4.78 is 7.46. The number of halogens is 1. The lowest BCUT2D eigenvalue weighted by molar-refractivity contribution is -0.128. The molecule has 1 amide bonds. The lowest BCUT2D eigenvalue weighted by Gasteiger charge is -2.25. The quantitative estimate of drug-likeness (QED) is 0.527. The van der Waals surface area contributed by atoms with Gasteiger partial charge in [0, 0.05) is 16.3 Å². The van der Waals surface area contributed by atoms with E-state index in [9.17, 15) is 4.79 Å². The van der Waals surface area contributed by atoms with E-state index in [1.165, 1.54) is 11.3 Å². The molecule has 4 aromatic rings. The molecule has 9 heteroatoms. The number of anilines is 1. The Hall–Kier alpha value is -2.97. The molecule has 0 aliphatic rings. The Morgan fingerprint density at radius 1 is 1.21 bits per heavy atom. The number of carbonyl (C=O) groups excluding carboxylic acids is 1. The zero-order valence-electron chi connectivity index (χ0n) is 15.1. The fraction of sp³-hybridized carbons (Fsp3) is 0.158. The molecule has 0 spiro atoms. The maximum Gasteiger partial charge on any atom is 0.267 e. The molecule has 28 heavy (non-hydrogen) atoms. The normalized spacial score (nSPS) is 11.5. The highest BCUT2D eigenvalue weighted by molar-refractivity contribution is 7.19. The van der Waals surface area contributed by atoms with E-state index in [0.717, 1.165) is 10.6 Å². The minimum Gasteiger partial charge on any atom is -0.478 e. The van der Waals surface area contributed by atoms with Gasteiger partial charge in [0.1, 0.15) is 17.1 Å². The van der Waals surface area contributed by atoms with Crippen molar-refractivity contribution >= 4 is 39.5 Å². The predicted molar refractivity (Wildman–Crippen MR) is 109 cm³/mol. The molecule has 1 N–H and O–H groups in total. The lowest BCUT2D eigenvalue weighted by Crippen LogP contribution is -2.42. The topological polar surface area (TPSA) is 81.4 Å². The zero-order valence-corrected chi connectivity index (χ0v) is 16.7. The van der Waals surface area contributed by atoms with Gasteiger partial charge in [-0.1, -0.05) is 35.1 Å². The molecule has 7 nitrogen and oxygen atoms in total. The highest BCUT2D eigenvalue weighted by Crippen LogP contribution is 2.27. The summed E-state index contributed by atoms with van der Waals surface area (Å²) in [7, 11) is 0. The van der Waals surface area contributed by atoms with Crippen molar-refractivity contribution in [1.29, 1.82) is 0 Å². The van der Waals surface area contributed by atoms with Gasteiger partial charge in [0.05, 0.1) is 0 Å². The van der Waals surface area contributed by atoms with E-state index in [4.69, 9.17) is 16.3 Å². The van der Waals surface area contributed by atoms with E-state index < -0.39 is 5.60 Å². The molecule has 0 aliphatic heterocycles. The molecule has 0 aliphatic carbocycles. The van der Waals surface area contributed by atoms with Crippen molar-refractivity contribution in [2.45, 2.75) is 19.4 Å². The van der Waals surface area contributed by atoms with Crippen LogP contribution in [0.15, 0.2) is 54.9 Å². The van der Waals surface area contributed by atoms with Crippen LogP contribution in [0.4, 0.5) is 5.69 Å². The third kappa shape index (κ3) is 3.83. The summed E-state index contributed by atoms with van der Waals surface area (Å²) in [5, 5.41) is 16.5. The monoisotopic (exact) mass is 413 g/mol. The largest absolute Gasteiger partial charge is 0.478 e. The molecule has 2 aromatic carbocycles. The van der Waals surface area contributed by atoms with Crippen LogP contribution >= 0.6 is 22.9 Å². The van der Waals surface area contributed by atoms with Gasteiger partial charge in [-0.15, -0.1) is 10.2 Å². The third-order valence-corrected chi connectivity index (χ3v) is 5.20. The first-order valence-electron chi connectivity index (χ1n) is 8.44. The molecular weight excluding hydrogens is 398 g/mol. The van der Waals surface area contributed by atoms with Gasteiger partial charge in [0.2, 0.25) is 4.96 Å². The first-order chi connectivity index (χ1) is 13.4. The van der Waals surface area contributed by atoms with E-state index in [0.29, 0.717) is 21.4 Å². The van der Waals surface area contributed by atoms with Gasteiger partial charge in [-0.05, 0) is 50.2 Å². The molecule has 0 saturated heterocycles. The van der Waals surface area contributed by atoms with Crippen LogP contribution in [0.3, 0.4) is 0 Å². The van der Waals surface area contributed by atoms with Crippen molar-refractivity contribution in [1.82, 2.24) is 19.8 Å². The second-order valence-corrected chi connectivity index (χ2v) is 7.96. The van der Waals surface area contributed by atoms with Crippen LogP contribution < -0.4 is 10.1 Å². The van der Waals surface area contributed by atoms with Crippen molar-refractivity contribution in [2.24, 2.45) is 0 Å². The fourth-order valence-electron chi connectivity index (χ4n) is 2.53. The Kier molecular flexibility index (Phi) is 4.74. The number of nitrogens with one attached hydrogen (secondary N) is 1. The fourth-order valence-corrected chi connectivity index (χ4v) is 3.47. The summed E-state index contributed by atoms with van der Waals surface area (Å²) in [5.74, 6) is 0.302. The smallest absolute Gasteiger partial charge is 0.267 e. The number of hydrogen-bond acceptors (Lipinski definition) is 6. The lowest BCUT2D eigenvalue weighted by atomic mass is 10.1. The standard InChI is InChI=1S/C19H16ClN5O2S/c1-19(2,27-15-8-6-13(20)7-9-15)17(26)22-14-5-3-4-12(10-14)16-24-25-11-21-23-18(25)28-16/h3-11H,1-2H3,(H,22,26). The first kappa shape index (κ1) is 18.4. The van der Waals surface area contributed by atoms with Gasteiger partial charge in [-0.25, -0.2) is 0 Å². The molecule has 0 bridgehead atoms. The van der Waals surface area contributed by atoms with Crippen LogP contribution in [0.25, 0.3) is 15.5 Å². The van der Waals surface area contributed by atoms with Crippen LogP contribution in [0.1, 0.15) is 13.8 Å². The molecular formula is C19H16ClN5O2S. The SMILES string of the molecule is CC(C)(Oc1ccc(Cl)cc1)C(=O)Nc1cccc(-c2nn3cnnc3s2)c1. The maximum atomic E-state index is 12.8. The molecule has 2 heterocycles. The highest BCUT2D eigenvalue weighted by atomic mass is 35.5. The number of carbonyl (C=O) groups is 1. The van der Waals surface area contributed by atoms with Crippen LogP contribution in [-0.4, -0.2) is 31.3 Å². The molecule has 0 radical (unpaired) electrons. The number of hydrogen-bond donors (Lipinski definition) is 1. The summed E-state index contributed by atoms with van der Waals surface area (Å²) in [6, 6.07) is 14.4. The van der Waals surface area contributed by atoms with E-state index >= 15 is 0 Å². The van der Waals surface area contributed by atoms with Crippen molar-refractivity contribution in [3.8, 4) is 16.3 Å². The number of amides is 1. The van der Waals surface area contributed by atoms with Crippen LogP contribution in [0, 0.1) is 0 Å². The Labute approximate surface area is 169 Å². The molecule has 142 valence electrons. The van der Waals surface area contributed by atoms with Gasteiger partial charge in [-0.3, -0.25) is 4.79 Å². The number of nitrogens with zero attached hydrogens (tertiary/aromatic N) is 4. The number of ether oxygens (including phenoxy) is 1. The Balaban J connectivity index is 1.50. The maximum absolute atomic E-state index is 12.8. The predicted octanol–water partition coefficient (Wildman–Crippen LogP) is 4.30. The molecule has 0 fully saturated rings. The summed E-state index contributed by atoms with van der Waals surface area (Å²) in [5.41, 5.74) is 0.461. The second-order valence-electron chi connectivity index (χ2n) is 6.57. The summed E-state index contributed by atoms with van der Waals surface area (Å²) in [6.07, 6.45) is 1.55. The van der Waals surface area contributed by atoms with Crippen LogP contribution in [0.5, 0.6) is 5.75 Å². The molecule has 4 rings (SSSR count). The number of rotatable bonds is 5. The minimum atomic E-state index is -1.07. The van der Waals surface area contributed by atoms with Gasteiger partial charge >= 0.3 is 0 Å². The van der Waals surface area contributed by atoms with Gasteiger partial charge < -0.3 is 10.1 Å². The number of aromatic nitrogens is 4. The third-order valence-electron chi connectivity index (χ3n) is 3.99. The van der Waals surface area contributed by atoms with Crippen molar-refractivity contribution in [3.63, 3.8) is 0 Å². The second kappa shape index (κ2) is 7.21. The van der Waals surface area contributed by atoms with E-state index in [2.05, 4.69) is 20.6 Å². The highest BCUT2D eigenvalue weighted by Gasteiger charge is 2.30. The Bertz CT molecular complexity index is 1110. The molecule has 0 atom stereocenters. The number of benzene rings is 2. The summed E-state index contributed by atoms with van der Waals surface area (Å²) >= 11 is 7.31. The summed E-state index contributed by atoms with van der Waals surface area (Å²) in [6.45, 7) is 3.42. The van der Waals surface area contributed by atoms with E-state index in [-0.39, 0.29) is 5.91 Å². The van der Waals surface area contributed by atoms with Crippen molar-refractivity contribution in [2.75, 3.05) is 5.32 Å². The van der Waals surface area contributed by atoms with Crippen molar-refractivity contribution in [3.05, 3.63) is 59.9 Å². The Morgan fingerprint density at radius 2 is 2.00 bits per heavy atom. The molecule has 0 saturated carbocycles.